The Morgan fingerprint density at radius 3 is 2.59 bits per heavy atom. The molecule has 0 amide bonds. The van der Waals surface area contributed by atoms with Crippen molar-refractivity contribution < 1.29 is 0 Å². The van der Waals surface area contributed by atoms with Gasteiger partial charge in [0, 0.05) is 16.3 Å². The third-order valence-electron chi connectivity index (χ3n) is 2.10. The molecule has 0 radical (unpaired) electrons. The minimum absolute atomic E-state index is 0.288. The van der Waals surface area contributed by atoms with Crippen LogP contribution in [0.5, 0.6) is 0 Å². The van der Waals surface area contributed by atoms with Gasteiger partial charge in [0.1, 0.15) is 0 Å². The molecule has 17 heavy (non-hydrogen) atoms. The van der Waals surface area contributed by atoms with Gasteiger partial charge in [0.25, 0.3) is 0 Å². The zero-order valence-corrected chi connectivity index (χ0v) is 12.8. The van der Waals surface area contributed by atoms with Crippen LogP contribution in [-0.4, -0.2) is 23.0 Å². The molecule has 92 valence electrons. The van der Waals surface area contributed by atoms with Crippen LogP contribution in [0.1, 0.15) is 15.0 Å². The molecule has 2 aromatic rings. The summed E-state index contributed by atoms with van der Waals surface area (Å²) in [6, 6.07) is 4.29. The molecule has 1 unspecified atom stereocenters. The normalized spacial score (nSPS) is 12.9. The molecule has 0 aliphatic heterocycles. The van der Waals surface area contributed by atoms with Crippen molar-refractivity contribution in [2.45, 2.75) is 20.9 Å². The standard InChI is InChI=1S/C10H13N3S4/c1-6-3-4-7(15-6)8(5-11)16-10-13-12-9(14-2)17-10/h3-4,8H,5,11H2,1-2H3. The average molecular weight is 304 g/mol. The summed E-state index contributed by atoms with van der Waals surface area (Å²) in [7, 11) is 0. The van der Waals surface area contributed by atoms with E-state index in [0.29, 0.717) is 6.54 Å². The van der Waals surface area contributed by atoms with Gasteiger partial charge in [0.15, 0.2) is 8.68 Å². The first-order chi connectivity index (χ1) is 8.22. The minimum Gasteiger partial charge on any atom is -0.329 e. The molecule has 0 spiro atoms. The van der Waals surface area contributed by atoms with Gasteiger partial charge in [-0.3, -0.25) is 0 Å². The average Bonchev–Trinajstić information content (AvgIpc) is 2.94. The lowest BCUT2D eigenvalue weighted by Gasteiger charge is -2.09. The zero-order valence-electron chi connectivity index (χ0n) is 9.54. The smallest absolute Gasteiger partial charge is 0.175 e. The predicted molar refractivity (Wildman–Crippen MR) is 78.4 cm³/mol. The van der Waals surface area contributed by atoms with E-state index in [-0.39, 0.29) is 5.25 Å². The van der Waals surface area contributed by atoms with Crippen molar-refractivity contribution in [3.63, 3.8) is 0 Å². The summed E-state index contributed by atoms with van der Waals surface area (Å²) in [5.74, 6) is 0. The van der Waals surface area contributed by atoms with Gasteiger partial charge in [-0.05, 0) is 25.3 Å². The van der Waals surface area contributed by atoms with Crippen molar-refractivity contribution in [1.82, 2.24) is 10.2 Å². The Hall–Kier alpha value is -0.0800. The van der Waals surface area contributed by atoms with E-state index in [4.69, 9.17) is 5.73 Å². The number of hydrogen-bond donors (Lipinski definition) is 1. The first-order valence-electron chi connectivity index (χ1n) is 5.03. The maximum atomic E-state index is 5.84. The van der Waals surface area contributed by atoms with E-state index in [1.165, 1.54) is 9.75 Å². The molecule has 0 aliphatic carbocycles. The number of thiophene rings is 1. The second kappa shape index (κ2) is 6.19. The van der Waals surface area contributed by atoms with Gasteiger partial charge in [-0.2, -0.15) is 0 Å². The molecule has 2 rings (SSSR count). The van der Waals surface area contributed by atoms with Crippen LogP contribution in [0.3, 0.4) is 0 Å². The van der Waals surface area contributed by atoms with Crippen LogP contribution in [0.2, 0.25) is 0 Å². The topological polar surface area (TPSA) is 51.8 Å². The summed E-state index contributed by atoms with van der Waals surface area (Å²) in [4.78, 5) is 2.64. The molecule has 0 aliphatic rings. The molecule has 0 saturated carbocycles. The Kier molecular flexibility index (Phi) is 4.87. The fraction of sp³-hybridized carbons (Fsp3) is 0.400. The van der Waals surface area contributed by atoms with Gasteiger partial charge < -0.3 is 5.73 Å². The lowest BCUT2D eigenvalue weighted by Crippen LogP contribution is -2.07. The summed E-state index contributed by atoms with van der Waals surface area (Å²) in [6.07, 6.45) is 2.01. The van der Waals surface area contributed by atoms with Crippen LogP contribution in [0.25, 0.3) is 0 Å². The Labute approximate surface area is 117 Å². The summed E-state index contributed by atoms with van der Waals surface area (Å²) in [6.45, 7) is 2.74. The first-order valence-corrected chi connectivity index (χ1v) is 8.77. The maximum absolute atomic E-state index is 5.84. The third kappa shape index (κ3) is 3.45. The Bertz CT molecular complexity index is 479. The van der Waals surface area contributed by atoms with Gasteiger partial charge in [0.05, 0.1) is 5.25 Å². The second-order valence-electron chi connectivity index (χ2n) is 3.33. The number of thioether (sulfide) groups is 2. The molecule has 2 N–H and O–H groups in total. The van der Waals surface area contributed by atoms with Crippen molar-refractivity contribution in [2.75, 3.05) is 12.8 Å². The summed E-state index contributed by atoms with van der Waals surface area (Å²) in [5.41, 5.74) is 5.84. The van der Waals surface area contributed by atoms with Gasteiger partial charge in [-0.1, -0.05) is 34.9 Å². The van der Waals surface area contributed by atoms with E-state index < -0.39 is 0 Å². The molecular formula is C10H13N3S4. The number of rotatable bonds is 5. The molecule has 2 heterocycles. The van der Waals surface area contributed by atoms with Crippen LogP contribution in [0.15, 0.2) is 20.8 Å². The molecule has 0 bridgehead atoms. The molecule has 3 nitrogen and oxygen atoms in total. The van der Waals surface area contributed by atoms with E-state index in [1.54, 1.807) is 46.2 Å². The Balaban J connectivity index is 2.09. The van der Waals surface area contributed by atoms with E-state index in [1.807, 2.05) is 6.26 Å². The number of nitrogens with zero attached hydrogens (tertiary/aromatic N) is 2. The lowest BCUT2D eigenvalue weighted by atomic mass is 10.3. The highest BCUT2D eigenvalue weighted by Gasteiger charge is 2.16. The molecular weight excluding hydrogens is 290 g/mol. The summed E-state index contributed by atoms with van der Waals surface area (Å²) >= 11 is 6.77. The monoisotopic (exact) mass is 303 g/mol. The van der Waals surface area contributed by atoms with Gasteiger partial charge in [-0.15, -0.1) is 21.5 Å². The Morgan fingerprint density at radius 2 is 2.06 bits per heavy atom. The number of nitrogens with two attached hydrogens (primary N) is 1. The second-order valence-corrected chi connectivity index (χ2v) is 8.13. The molecule has 7 heteroatoms. The number of aromatic nitrogens is 2. The largest absolute Gasteiger partial charge is 0.329 e. The number of aryl methyl sites for hydroxylation is 1. The van der Waals surface area contributed by atoms with Crippen molar-refractivity contribution in [1.29, 1.82) is 0 Å². The molecule has 0 saturated heterocycles. The van der Waals surface area contributed by atoms with Crippen LogP contribution >= 0.6 is 46.2 Å². The number of hydrogen-bond acceptors (Lipinski definition) is 7. The van der Waals surface area contributed by atoms with Crippen molar-refractivity contribution in [3.8, 4) is 0 Å². The summed E-state index contributed by atoms with van der Waals surface area (Å²) < 4.78 is 2.00. The van der Waals surface area contributed by atoms with Crippen molar-refractivity contribution >= 4 is 46.2 Å². The van der Waals surface area contributed by atoms with Gasteiger partial charge in [0.2, 0.25) is 0 Å². The minimum atomic E-state index is 0.288. The fourth-order valence-corrected chi connectivity index (χ4v) is 5.02. The highest BCUT2D eigenvalue weighted by atomic mass is 32.2. The SMILES string of the molecule is CSc1nnc(SC(CN)c2ccc(C)s2)s1. The van der Waals surface area contributed by atoms with Crippen molar-refractivity contribution in [2.24, 2.45) is 5.73 Å². The predicted octanol–water partition coefficient (Wildman–Crippen LogP) is 3.42. The van der Waals surface area contributed by atoms with E-state index in [0.717, 1.165) is 8.68 Å². The van der Waals surface area contributed by atoms with Crippen LogP contribution in [-0.2, 0) is 0 Å². The molecule has 1 atom stereocenters. The van der Waals surface area contributed by atoms with Crippen LogP contribution in [0.4, 0.5) is 0 Å². The lowest BCUT2D eigenvalue weighted by molar-refractivity contribution is 0.931. The van der Waals surface area contributed by atoms with E-state index in [9.17, 15) is 0 Å². The molecule has 0 fully saturated rings. The maximum Gasteiger partial charge on any atom is 0.175 e. The first kappa shape index (κ1) is 13.4. The molecule has 0 aromatic carbocycles. The van der Waals surface area contributed by atoms with Crippen LogP contribution < -0.4 is 5.73 Å². The quantitative estimate of drug-likeness (QED) is 0.858. The van der Waals surface area contributed by atoms with E-state index in [2.05, 4.69) is 29.3 Å². The Morgan fingerprint density at radius 1 is 1.29 bits per heavy atom. The highest BCUT2D eigenvalue weighted by Crippen LogP contribution is 2.39. The van der Waals surface area contributed by atoms with Crippen LogP contribution in [0, 0.1) is 6.92 Å². The zero-order chi connectivity index (χ0) is 12.3. The third-order valence-corrected chi connectivity index (χ3v) is 6.61. The fourth-order valence-electron chi connectivity index (χ4n) is 1.30. The summed E-state index contributed by atoms with van der Waals surface area (Å²) in [5, 5.41) is 8.55. The highest BCUT2D eigenvalue weighted by molar-refractivity contribution is 8.03. The van der Waals surface area contributed by atoms with Gasteiger partial charge in [-0.25, -0.2) is 0 Å². The van der Waals surface area contributed by atoms with Crippen molar-refractivity contribution in [3.05, 3.63) is 21.9 Å². The van der Waals surface area contributed by atoms with Gasteiger partial charge >= 0.3 is 0 Å². The molecule has 2 aromatic heterocycles. The van der Waals surface area contributed by atoms with E-state index >= 15 is 0 Å².